The van der Waals surface area contributed by atoms with E-state index in [2.05, 4.69) is 13.8 Å². The third kappa shape index (κ3) is 8.06. The summed E-state index contributed by atoms with van der Waals surface area (Å²) >= 11 is 0. The van der Waals surface area contributed by atoms with Crippen LogP contribution in [0.3, 0.4) is 0 Å². The zero-order valence-electron chi connectivity index (χ0n) is 18.8. The van der Waals surface area contributed by atoms with E-state index in [0.29, 0.717) is 13.2 Å². The van der Waals surface area contributed by atoms with E-state index < -0.39 is 12.2 Å². The molecule has 2 atom stereocenters. The third-order valence-corrected chi connectivity index (χ3v) is 6.72. The van der Waals surface area contributed by atoms with Crippen molar-refractivity contribution in [1.82, 2.24) is 0 Å². The number of benzene rings is 1. The number of aliphatic hydroxyl groups is 2. The van der Waals surface area contributed by atoms with Gasteiger partial charge in [-0.1, -0.05) is 13.8 Å². The van der Waals surface area contributed by atoms with Crippen LogP contribution in [0.15, 0.2) is 24.3 Å². The first-order chi connectivity index (χ1) is 14.5. The molecule has 4 N–H and O–H groups in total. The van der Waals surface area contributed by atoms with Crippen molar-refractivity contribution in [3.63, 3.8) is 0 Å². The second-order valence-corrected chi connectivity index (χ2v) is 9.67. The van der Waals surface area contributed by atoms with Crippen molar-refractivity contribution < 1.29 is 29.5 Å². The Morgan fingerprint density at radius 3 is 1.40 bits per heavy atom. The van der Waals surface area contributed by atoms with E-state index in [4.69, 9.17) is 9.47 Å². The molecule has 0 aromatic heterocycles. The number of rotatable bonds is 10. The smallest absolute Gasteiger partial charge is 0.137 e. The lowest BCUT2D eigenvalue weighted by Crippen LogP contribution is -3.14. The maximum absolute atomic E-state index is 10.3. The van der Waals surface area contributed by atoms with Crippen LogP contribution in [0, 0.1) is 11.8 Å². The number of quaternary nitrogens is 2. The molecule has 0 unspecified atom stereocenters. The van der Waals surface area contributed by atoms with Gasteiger partial charge >= 0.3 is 0 Å². The first-order valence-corrected chi connectivity index (χ1v) is 11.9. The van der Waals surface area contributed by atoms with Gasteiger partial charge in [0, 0.05) is 0 Å². The Morgan fingerprint density at radius 2 is 1.07 bits per heavy atom. The predicted octanol–water partition coefficient (Wildman–Crippen LogP) is -0.204. The highest BCUT2D eigenvalue weighted by atomic mass is 16.5. The van der Waals surface area contributed by atoms with E-state index in [1.54, 1.807) is 0 Å². The van der Waals surface area contributed by atoms with Crippen LogP contribution in [-0.4, -0.2) is 74.9 Å². The van der Waals surface area contributed by atoms with E-state index in [0.717, 1.165) is 62.6 Å². The maximum atomic E-state index is 10.3. The van der Waals surface area contributed by atoms with Gasteiger partial charge in [0.15, 0.2) is 0 Å². The van der Waals surface area contributed by atoms with Gasteiger partial charge in [0.2, 0.25) is 0 Å². The molecule has 2 saturated heterocycles. The van der Waals surface area contributed by atoms with Crippen LogP contribution < -0.4 is 19.3 Å². The highest BCUT2D eigenvalue weighted by Crippen LogP contribution is 2.18. The fourth-order valence-corrected chi connectivity index (χ4v) is 4.55. The summed E-state index contributed by atoms with van der Waals surface area (Å²) in [6, 6.07) is 7.45. The summed E-state index contributed by atoms with van der Waals surface area (Å²) in [6.07, 6.45) is 4.10. The normalized spacial score (nSPS) is 29.2. The summed E-state index contributed by atoms with van der Waals surface area (Å²) in [4.78, 5) is 2.96. The van der Waals surface area contributed by atoms with Gasteiger partial charge < -0.3 is 29.5 Å². The van der Waals surface area contributed by atoms with Gasteiger partial charge in [-0.05, 0) is 61.8 Å². The second kappa shape index (κ2) is 11.9. The molecule has 0 radical (unpaired) electrons. The van der Waals surface area contributed by atoms with Crippen LogP contribution >= 0.6 is 0 Å². The van der Waals surface area contributed by atoms with Crippen molar-refractivity contribution in [2.45, 2.75) is 51.7 Å². The largest absolute Gasteiger partial charge is 0.491 e. The summed E-state index contributed by atoms with van der Waals surface area (Å²) in [5.74, 6) is 3.10. The van der Waals surface area contributed by atoms with Crippen LogP contribution in [0.25, 0.3) is 0 Å². The van der Waals surface area contributed by atoms with Crippen LogP contribution in [0.5, 0.6) is 11.5 Å². The third-order valence-electron chi connectivity index (χ3n) is 6.72. The fraction of sp³-hybridized carbons (Fsp3) is 0.750. The van der Waals surface area contributed by atoms with Gasteiger partial charge in [0.05, 0.1) is 26.2 Å². The van der Waals surface area contributed by atoms with Crippen LogP contribution in [-0.2, 0) is 0 Å². The molecule has 2 fully saturated rings. The molecule has 6 nitrogen and oxygen atoms in total. The molecule has 0 amide bonds. The number of aliphatic hydroxyl groups excluding tert-OH is 2. The van der Waals surface area contributed by atoms with Crippen LogP contribution in [0.1, 0.15) is 39.5 Å². The average Bonchev–Trinajstić information content (AvgIpc) is 2.75. The first-order valence-electron chi connectivity index (χ1n) is 11.9. The van der Waals surface area contributed by atoms with Crippen molar-refractivity contribution in [2.24, 2.45) is 11.8 Å². The zero-order chi connectivity index (χ0) is 21.3. The molecule has 2 heterocycles. The highest BCUT2D eigenvalue weighted by molar-refractivity contribution is 5.31. The van der Waals surface area contributed by atoms with Gasteiger partial charge in [-0.25, -0.2) is 0 Å². The van der Waals surface area contributed by atoms with Gasteiger partial charge in [-0.15, -0.1) is 0 Å². The van der Waals surface area contributed by atoms with E-state index in [1.165, 1.54) is 35.5 Å². The minimum atomic E-state index is -0.445. The summed E-state index contributed by atoms with van der Waals surface area (Å²) < 4.78 is 11.5. The summed E-state index contributed by atoms with van der Waals surface area (Å²) in [6.45, 7) is 11.3. The predicted molar refractivity (Wildman–Crippen MR) is 117 cm³/mol. The molecule has 6 heteroatoms. The van der Waals surface area contributed by atoms with Crippen LogP contribution in [0.4, 0.5) is 0 Å². The first kappa shape index (κ1) is 23.3. The topological polar surface area (TPSA) is 67.8 Å². The molecule has 0 aliphatic carbocycles. The molecule has 0 spiro atoms. The lowest BCUT2D eigenvalue weighted by atomic mass is 9.99. The van der Waals surface area contributed by atoms with Gasteiger partial charge in [-0.2, -0.15) is 0 Å². The molecule has 170 valence electrons. The van der Waals surface area contributed by atoms with Crippen molar-refractivity contribution >= 4 is 0 Å². The molecule has 0 bridgehead atoms. The van der Waals surface area contributed by atoms with Crippen molar-refractivity contribution in [3.05, 3.63) is 24.3 Å². The Labute approximate surface area is 181 Å². The zero-order valence-corrected chi connectivity index (χ0v) is 18.8. The number of piperidine rings is 2. The monoisotopic (exact) mass is 422 g/mol. The Morgan fingerprint density at radius 1 is 0.733 bits per heavy atom. The standard InChI is InChI=1S/C24H40N2O4/c1-19-7-11-25(12-8-19)15-21(27)17-29-23-3-5-24(6-4-23)30-18-22(28)16-26-13-9-20(2)10-14-26/h3-6,19-22,27-28H,7-18H2,1-2H3/p+2/t21-,22-/m0/s1. The molecule has 3 rings (SSSR count). The average molecular weight is 423 g/mol. The molecule has 0 saturated carbocycles. The van der Waals surface area contributed by atoms with Crippen molar-refractivity contribution in [3.8, 4) is 11.5 Å². The summed E-state index contributed by atoms with van der Waals surface area (Å²) in [7, 11) is 0. The quantitative estimate of drug-likeness (QED) is 0.422. The molecular formula is C24H42N2O4+2. The number of ether oxygens (including phenoxy) is 2. The van der Waals surface area contributed by atoms with Crippen molar-refractivity contribution in [2.75, 3.05) is 52.5 Å². The van der Waals surface area contributed by atoms with E-state index in [-0.39, 0.29) is 0 Å². The lowest BCUT2D eigenvalue weighted by molar-refractivity contribution is -0.909. The molecular weight excluding hydrogens is 380 g/mol. The van der Waals surface area contributed by atoms with Crippen molar-refractivity contribution in [1.29, 1.82) is 0 Å². The minimum Gasteiger partial charge on any atom is -0.491 e. The van der Waals surface area contributed by atoms with Crippen LogP contribution in [0.2, 0.25) is 0 Å². The summed E-state index contributed by atoms with van der Waals surface area (Å²) in [5.41, 5.74) is 0. The van der Waals surface area contributed by atoms with Gasteiger partial charge in [0.25, 0.3) is 0 Å². The molecule has 30 heavy (non-hydrogen) atoms. The second-order valence-electron chi connectivity index (χ2n) is 9.67. The number of hydrogen-bond donors (Lipinski definition) is 4. The van der Waals surface area contributed by atoms with Gasteiger partial charge in [-0.3, -0.25) is 0 Å². The Hall–Kier alpha value is -1.34. The molecule has 1 aromatic carbocycles. The molecule has 1 aromatic rings. The number of hydrogen-bond acceptors (Lipinski definition) is 4. The number of nitrogens with one attached hydrogen (secondary N) is 2. The van der Waals surface area contributed by atoms with Gasteiger partial charge in [0.1, 0.15) is 50.0 Å². The number of likely N-dealkylation sites (tertiary alicyclic amines) is 2. The highest BCUT2D eigenvalue weighted by Gasteiger charge is 2.23. The van der Waals surface area contributed by atoms with E-state index >= 15 is 0 Å². The SMILES string of the molecule is CC1CC[NH+](C[C@H](O)COc2ccc(OC[C@@H](O)C[NH+]3CCC(C)CC3)cc2)CC1. The lowest BCUT2D eigenvalue weighted by Gasteiger charge is -2.28. The molecule has 2 aliphatic rings. The Bertz CT molecular complexity index is 543. The van der Waals surface area contributed by atoms with E-state index in [1.807, 2.05) is 24.3 Å². The maximum Gasteiger partial charge on any atom is 0.137 e. The minimum absolute atomic E-state index is 0.315. The molecule has 2 aliphatic heterocycles. The van der Waals surface area contributed by atoms with E-state index in [9.17, 15) is 10.2 Å². The Kier molecular flexibility index (Phi) is 9.25. The summed E-state index contributed by atoms with van der Waals surface area (Å²) in [5, 5.41) is 20.6. The fourth-order valence-electron chi connectivity index (χ4n) is 4.55. The Balaban J connectivity index is 1.31.